The fourth-order valence-electron chi connectivity index (χ4n) is 1.59. The average molecular weight is 241 g/mol. The lowest BCUT2D eigenvalue weighted by molar-refractivity contribution is 0.208. The molecule has 0 fully saturated rings. The first kappa shape index (κ1) is 12.2. The van der Waals surface area contributed by atoms with E-state index in [-0.39, 0.29) is 0 Å². The van der Waals surface area contributed by atoms with Gasteiger partial charge in [-0.15, -0.1) is 0 Å². The van der Waals surface area contributed by atoms with Gasteiger partial charge in [0.25, 0.3) is 0 Å². The largest absolute Gasteiger partial charge is 0.419 e. The number of ether oxygens (including phenoxy) is 1. The van der Waals surface area contributed by atoms with E-state index in [1.807, 2.05) is 55.5 Å². The first-order valence-electron chi connectivity index (χ1n) is 5.74. The van der Waals surface area contributed by atoms with Crippen LogP contribution in [0.3, 0.4) is 0 Å². The summed E-state index contributed by atoms with van der Waals surface area (Å²) in [6.45, 7) is 1.91. The molecule has 0 aliphatic carbocycles. The quantitative estimate of drug-likeness (QED) is 0.803. The van der Waals surface area contributed by atoms with E-state index in [1.54, 1.807) is 13.1 Å². The maximum Gasteiger partial charge on any atom is 0.419 e. The van der Waals surface area contributed by atoms with Gasteiger partial charge in [0, 0.05) is 12.7 Å². The Kier molecular flexibility index (Phi) is 3.63. The number of nitrogens with zero attached hydrogens (tertiary/aromatic N) is 1. The SMILES string of the molecule is Cc1ccccc1OC(=O)N(C)c1ccccc1. The van der Waals surface area contributed by atoms with Gasteiger partial charge in [0.15, 0.2) is 0 Å². The van der Waals surface area contributed by atoms with E-state index in [4.69, 9.17) is 4.74 Å². The molecule has 18 heavy (non-hydrogen) atoms. The maximum atomic E-state index is 12.0. The Morgan fingerprint density at radius 2 is 1.61 bits per heavy atom. The van der Waals surface area contributed by atoms with Crippen LogP contribution in [-0.4, -0.2) is 13.1 Å². The summed E-state index contributed by atoms with van der Waals surface area (Å²) in [7, 11) is 1.69. The van der Waals surface area contributed by atoms with Crippen molar-refractivity contribution in [3.63, 3.8) is 0 Å². The number of anilines is 1. The van der Waals surface area contributed by atoms with Crippen molar-refractivity contribution in [2.45, 2.75) is 6.92 Å². The molecule has 0 bridgehead atoms. The summed E-state index contributed by atoms with van der Waals surface area (Å²) in [5.74, 6) is 0.588. The lowest BCUT2D eigenvalue weighted by Crippen LogP contribution is -2.29. The lowest BCUT2D eigenvalue weighted by Gasteiger charge is -2.17. The predicted octanol–water partition coefficient (Wildman–Crippen LogP) is 3.63. The van der Waals surface area contributed by atoms with Crippen molar-refractivity contribution >= 4 is 11.8 Å². The Morgan fingerprint density at radius 3 is 2.28 bits per heavy atom. The van der Waals surface area contributed by atoms with Crippen molar-refractivity contribution in [3.8, 4) is 5.75 Å². The van der Waals surface area contributed by atoms with E-state index in [1.165, 1.54) is 4.90 Å². The molecule has 0 atom stereocenters. The smallest absolute Gasteiger partial charge is 0.410 e. The van der Waals surface area contributed by atoms with Crippen molar-refractivity contribution in [3.05, 3.63) is 60.2 Å². The van der Waals surface area contributed by atoms with Gasteiger partial charge >= 0.3 is 6.09 Å². The summed E-state index contributed by atoms with van der Waals surface area (Å²) >= 11 is 0. The fourth-order valence-corrected chi connectivity index (χ4v) is 1.59. The van der Waals surface area contributed by atoms with Crippen LogP contribution < -0.4 is 9.64 Å². The van der Waals surface area contributed by atoms with Crippen LogP contribution in [0.1, 0.15) is 5.56 Å². The Balaban J connectivity index is 2.12. The predicted molar refractivity (Wildman–Crippen MR) is 72.0 cm³/mol. The fraction of sp³-hybridized carbons (Fsp3) is 0.133. The van der Waals surface area contributed by atoms with Gasteiger partial charge < -0.3 is 4.74 Å². The van der Waals surface area contributed by atoms with Gasteiger partial charge in [-0.3, -0.25) is 4.90 Å². The van der Waals surface area contributed by atoms with Crippen LogP contribution in [0.15, 0.2) is 54.6 Å². The number of carbonyl (C=O) groups is 1. The standard InChI is InChI=1S/C15H15NO2/c1-12-8-6-7-11-14(12)18-15(17)16(2)13-9-4-3-5-10-13/h3-11H,1-2H3. The normalized spacial score (nSPS) is 9.89. The van der Waals surface area contributed by atoms with Crippen LogP contribution in [0.5, 0.6) is 5.75 Å². The molecule has 0 saturated carbocycles. The number of amides is 1. The number of hydrogen-bond donors (Lipinski definition) is 0. The maximum absolute atomic E-state index is 12.0. The van der Waals surface area contributed by atoms with E-state index in [2.05, 4.69) is 0 Å². The molecule has 0 unspecified atom stereocenters. The topological polar surface area (TPSA) is 29.5 Å². The number of rotatable bonds is 2. The Hall–Kier alpha value is -2.29. The Morgan fingerprint density at radius 1 is 1.00 bits per heavy atom. The first-order valence-corrected chi connectivity index (χ1v) is 5.74. The van der Waals surface area contributed by atoms with Crippen LogP contribution in [0.4, 0.5) is 10.5 Å². The highest BCUT2D eigenvalue weighted by Crippen LogP contribution is 2.19. The van der Waals surface area contributed by atoms with Crippen LogP contribution in [0.25, 0.3) is 0 Å². The van der Waals surface area contributed by atoms with Gasteiger partial charge in [0.05, 0.1) is 0 Å². The Bertz CT molecular complexity index is 537. The van der Waals surface area contributed by atoms with Gasteiger partial charge in [0.2, 0.25) is 0 Å². The zero-order chi connectivity index (χ0) is 13.0. The summed E-state index contributed by atoms with van der Waals surface area (Å²) in [5.41, 5.74) is 1.74. The summed E-state index contributed by atoms with van der Waals surface area (Å²) in [6, 6.07) is 16.8. The molecule has 92 valence electrons. The number of benzene rings is 2. The highest BCUT2D eigenvalue weighted by molar-refractivity contribution is 5.88. The molecule has 0 aliphatic rings. The average Bonchev–Trinajstić information content (AvgIpc) is 2.41. The van der Waals surface area contributed by atoms with Crippen LogP contribution in [0.2, 0.25) is 0 Å². The highest BCUT2D eigenvalue weighted by atomic mass is 16.6. The van der Waals surface area contributed by atoms with E-state index < -0.39 is 6.09 Å². The molecular weight excluding hydrogens is 226 g/mol. The minimum Gasteiger partial charge on any atom is -0.410 e. The van der Waals surface area contributed by atoms with Crippen molar-refractivity contribution in [1.82, 2.24) is 0 Å². The van der Waals surface area contributed by atoms with Crippen molar-refractivity contribution < 1.29 is 9.53 Å². The third kappa shape index (κ3) is 2.69. The molecule has 0 N–H and O–H groups in total. The zero-order valence-electron chi connectivity index (χ0n) is 10.5. The number of para-hydroxylation sites is 2. The molecule has 0 aromatic heterocycles. The molecule has 0 heterocycles. The summed E-state index contributed by atoms with van der Waals surface area (Å²) in [4.78, 5) is 13.4. The molecule has 2 aromatic rings. The molecule has 1 amide bonds. The van der Waals surface area contributed by atoms with Gasteiger partial charge in [-0.1, -0.05) is 36.4 Å². The van der Waals surface area contributed by atoms with Crippen LogP contribution in [-0.2, 0) is 0 Å². The van der Waals surface area contributed by atoms with E-state index >= 15 is 0 Å². The second kappa shape index (κ2) is 5.36. The second-order valence-electron chi connectivity index (χ2n) is 4.03. The molecule has 3 heteroatoms. The molecule has 0 aliphatic heterocycles. The molecular formula is C15H15NO2. The number of hydrogen-bond acceptors (Lipinski definition) is 2. The molecule has 2 rings (SSSR count). The lowest BCUT2D eigenvalue weighted by atomic mass is 10.2. The van der Waals surface area contributed by atoms with Gasteiger partial charge in [-0.2, -0.15) is 0 Å². The van der Waals surface area contributed by atoms with E-state index in [0.29, 0.717) is 5.75 Å². The van der Waals surface area contributed by atoms with Crippen molar-refractivity contribution in [1.29, 1.82) is 0 Å². The molecule has 0 radical (unpaired) electrons. The monoisotopic (exact) mass is 241 g/mol. The van der Waals surface area contributed by atoms with Crippen molar-refractivity contribution in [2.75, 3.05) is 11.9 Å². The highest BCUT2D eigenvalue weighted by Gasteiger charge is 2.13. The molecule has 0 spiro atoms. The molecule has 2 aromatic carbocycles. The molecule has 3 nitrogen and oxygen atoms in total. The van der Waals surface area contributed by atoms with Gasteiger partial charge in [-0.25, -0.2) is 4.79 Å². The second-order valence-corrected chi connectivity index (χ2v) is 4.03. The van der Waals surface area contributed by atoms with E-state index in [9.17, 15) is 4.79 Å². The van der Waals surface area contributed by atoms with E-state index in [0.717, 1.165) is 11.3 Å². The minimum atomic E-state index is -0.393. The first-order chi connectivity index (χ1) is 8.68. The van der Waals surface area contributed by atoms with Gasteiger partial charge in [0.1, 0.15) is 5.75 Å². The number of aryl methyl sites for hydroxylation is 1. The zero-order valence-corrected chi connectivity index (χ0v) is 10.5. The minimum absolute atomic E-state index is 0.393. The van der Waals surface area contributed by atoms with Crippen molar-refractivity contribution in [2.24, 2.45) is 0 Å². The molecule has 0 saturated heterocycles. The summed E-state index contributed by atoms with van der Waals surface area (Å²) in [5, 5.41) is 0. The summed E-state index contributed by atoms with van der Waals surface area (Å²) in [6.07, 6.45) is -0.393. The third-order valence-electron chi connectivity index (χ3n) is 2.71. The summed E-state index contributed by atoms with van der Waals surface area (Å²) < 4.78 is 5.35. The Labute approximate surface area is 107 Å². The van der Waals surface area contributed by atoms with Crippen LogP contribution in [0, 0.1) is 6.92 Å². The van der Waals surface area contributed by atoms with Gasteiger partial charge in [-0.05, 0) is 30.7 Å². The van der Waals surface area contributed by atoms with Crippen LogP contribution >= 0.6 is 0 Å². The number of carbonyl (C=O) groups excluding carboxylic acids is 1. The third-order valence-corrected chi connectivity index (χ3v) is 2.71.